The van der Waals surface area contributed by atoms with E-state index < -0.39 is 0 Å². The van der Waals surface area contributed by atoms with Gasteiger partial charge < -0.3 is 9.47 Å². The second-order valence-corrected chi connectivity index (χ2v) is 11.7. The summed E-state index contributed by atoms with van der Waals surface area (Å²) in [6.07, 6.45) is 1.02. The summed E-state index contributed by atoms with van der Waals surface area (Å²) in [6, 6.07) is 25.1. The van der Waals surface area contributed by atoms with Crippen molar-refractivity contribution in [2.75, 3.05) is 6.61 Å². The van der Waals surface area contributed by atoms with Crippen LogP contribution in [0.15, 0.2) is 72.8 Å². The van der Waals surface area contributed by atoms with Crippen LogP contribution in [0.25, 0.3) is 0 Å². The molecule has 0 heterocycles. The van der Waals surface area contributed by atoms with Gasteiger partial charge in [-0.15, -0.1) is 0 Å². The predicted octanol–water partition coefficient (Wildman–Crippen LogP) is 8.96. The Balaban J connectivity index is 1.74. The topological polar surface area (TPSA) is 18.5 Å². The average molecular weight is 459 g/mol. The third-order valence-electron chi connectivity index (χ3n) is 6.68. The van der Waals surface area contributed by atoms with Gasteiger partial charge in [-0.25, -0.2) is 0 Å². The fourth-order valence-corrected chi connectivity index (χ4v) is 4.30. The second kappa shape index (κ2) is 10.4. The van der Waals surface area contributed by atoms with Gasteiger partial charge in [0, 0.05) is 5.41 Å². The van der Waals surface area contributed by atoms with Crippen LogP contribution in [0, 0.1) is 0 Å². The Morgan fingerprint density at radius 3 is 1.91 bits per heavy atom. The average Bonchev–Trinajstić information content (AvgIpc) is 2.78. The number of hydrogen-bond donors (Lipinski definition) is 0. The Labute approximate surface area is 207 Å². The first-order chi connectivity index (χ1) is 15.9. The summed E-state index contributed by atoms with van der Waals surface area (Å²) >= 11 is 0. The minimum absolute atomic E-state index is 0.0471. The Morgan fingerprint density at radius 2 is 1.29 bits per heavy atom. The molecule has 0 radical (unpaired) electrons. The van der Waals surface area contributed by atoms with E-state index in [1.54, 1.807) is 0 Å². The molecule has 34 heavy (non-hydrogen) atoms. The summed E-state index contributed by atoms with van der Waals surface area (Å²) in [5.74, 6) is 1.67. The van der Waals surface area contributed by atoms with Gasteiger partial charge in [0.2, 0.25) is 0 Å². The maximum Gasteiger partial charge on any atom is 0.127 e. The zero-order valence-electron chi connectivity index (χ0n) is 22.4. The van der Waals surface area contributed by atoms with Gasteiger partial charge >= 0.3 is 0 Å². The standard InChI is InChI=1S/C32H42O2/c1-9-32(8,25-18-19-28(30(2,3)4)29(21-25)31(5,6)7)23-33-22-24-14-13-17-27(20-24)34-26-15-11-10-12-16-26/h10-21H,9,22-23H2,1-8H3. The summed E-state index contributed by atoms with van der Waals surface area (Å²) in [7, 11) is 0. The highest BCUT2D eigenvalue weighted by Crippen LogP contribution is 2.38. The zero-order chi connectivity index (χ0) is 25.0. The molecule has 3 aromatic carbocycles. The fourth-order valence-electron chi connectivity index (χ4n) is 4.30. The summed E-state index contributed by atoms with van der Waals surface area (Å²) < 4.78 is 12.3. The van der Waals surface area contributed by atoms with E-state index in [9.17, 15) is 0 Å². The Hall–Kier alpha value is -2.58. The van der Waals surface area contributed by atoms with Crippen LogP contribution in [0.3, 0.4) is 0 Å². The van der Waals surface area contributed by atoms with Crippen molar-refractivity contribution >= 4 is 0 Å². The smallest absolute Gasteiger partial charge is 0.127 e. The van der Waals surface area contributed by atoms with Crippen molar-refractivity contribution in [3.8, 4) is 11.5 Å². The molecule has 0 saturated carbocycles. The van der Waals surface area contributed by atoms with Gasteiger partial charge in [0.1, 0.15) is 11.5 Å². The molecule has 3 rings (SSSR count). The summed E-state index contributed by atoms with van der Waals surface area (Å²) in [4.78, 5) is 0. The third-order valence-corrected chi connectivity index (χ3v) is 6.68. The van der Waals surface area contributed by atoms with Crippen LogP contribution >= 0.6 is 0 Å². The Bertz CT molecular complexity index is 1070. The van der Waals surface area contributed by atoms with Crippen molar-refractivity contribution in [1.82, 2.24) is 0 Å². The molecule has 2 nitrogen and oxygen atoms in total. The van der Waals surface area contributed by atoms with E-state index in [1.165, 1.54) is 16.7 Å². The van der Waals surface area contributed by atoms with E-state index in [0.717, 1.165) is 23.5 Å². The van der Waals surface area contributed by atoms with Crippen LogP contribution in [0.4, 0.5) is 0 Å². The summed E-state index contributed by atoms with van der Waals surface area (Å²) in [5, 5.41) is 0. The lowest BCUT2D eigenvalue weighted by Gasteiger charge is -2.34. The number of rotatable bonds is 8. The monoisotopic (exact) mass is 458 g/mol. The van der Waals surface area contributed by atoms with Crippen LogP contribution in [0.5, 0.6) is 11.5 Å². The lowest BCUT2D eigenvalue weighted by atomic mass is 9.71. The number of para-hydroxylation sites is 1. The van der Waals surface area contributed by atoms with Crippen molar-refractivity contribution in [3.63, 3.8) is 0 Å². The molecule has 0 bridgehead atoms. The molecule has 0 fully saturated rings. The van der Waals surface area contributed by atoms with E-state index in [0.29, 0.717) is 13.2 Å². The second-order valence-electron chi connectivity index (χ2n) is 11.7. The molecule has 0 aliphatic heterocycles. The van der Waals surface area contributed by atoms with Gasteiger partial charge in [-0.1, -0.05) is 104 Å². The van der Waals surface area contributed by atoms with Crippen LogP contribution in [0.1, 0.15) is 84.1 Å². The highest BCUT2D eigenvalue weighted by Gasteiger charge is 2.30. The Kier molecular flexibility index (Phi) is 7.93. The predicted molar refractivity (Wildman–Crippen MR) is 144 cm³/mol. The molecule has 1 atom stereocenters. The van der Waals surface area contributed by atoms with Gasteiger partial charge in [0.15, 0.2) is 0 Å². The van der Waals surface area contributed by atoms with E-state index in [1.807, 2.05) is 42.5 Å². The molecular weight excluding hydrogens is 416 g/mol. The van der Waals surface area contributed by atoms with Crippen molar-refractivity contribution in [1.29, 1.82) is 0 Å². The first kappa shape index (κ1) is 26.0. The molecular formula is C32H42O2. The van der Waals surface area contributed by atoms with E-state index in [4.69, 9.17) is 9.47 Å². The first-order valence-electron chi connectivity index (χ1n) is 12.5. The van der Waals surface area contributed by atoms with Crippen molar-refractivity contribution in [3.05, 3.63) is 95.1 Å². The normalized spacial score (nSPS) is 14.0. The minimum atomic E-state index is -0.0471. The third kappa shape index (κ3) is 6.51. The van der Waals surface area contributed by atoms with E-state index >= 15 is 0 Å². The summed E-state index contributed by atoms with van der Waals surface area (Å²) in [5.41, 5.74) is 5.50. The maximum atomic E-state index is 6.30. The molecule has 0 spiro atoms. The van der Waals surface area contributed by atoms with Crippen LogP contribution in [-0.2, 0) is 27.6 Å². The minimum Gasteiger partial charge on any atom is -0.457 e. The first-order valence-corrected chi connectivity index (χ1v) is 12.5. The SMILES string of the molecule is CCC(C)(COCc1cccc(Oc2ccccc2)c1)c1ccc(C(C)(C)C)c(C(C)(C)C)c1. The molecule has 0 aliphatic carbocycles. The number of ether oxygens (including phenoxy) is 2. The molecule has 0 N–H and O–H groups in total. The van der Waals surface area contributed by atoms with E-state index in [-0.39, 0.29) is 16.2 Å². The van der Waals surface area contributed by atoms with E-state index in [2.05, 4.69) is 85.7 Å². The fraction of sp³-hybridized carbons (Fsp3) is 0.438. The van der Waals surface area contributed by atoms with Gasteiger partial charge in [0.05, 0.1) is 13.2 Å². The quantitative estimate of drug-likeness (QED) is 0.335. The molecule has 0 amide bonds. The van der Waals surface area contributed by atoms with Gasteiger partial charge in [-0.2, -0.15) is 0 Å². The van der Waals surface area contributed by atoms with Crippen LogP contribution < -0.4 is 4.74 Å². The van der Waals surface area contributed by atoms with Gasteiger partial charge in [-0.05, 0) is 63.8 Å². The molecule has 3 aromatic rings. The number of benzene rings is 3. The molecule has 182 valence electrons. The van der Waals surface area contributed by atoms with Crippen molar-refractivity contribution in [2.24, 2.45) is 0 Å². The zero-order valence-corrected chi connectivity index (χ0v) is 22.4. The molecule has 0 aliphatic rings. The van der Waals surface area contributed by atoms with Gasteiger partial charge in [0.25, 0.3) is 0 Å². The molecule has 1 unspecified atom stereocenters. The van der Waals surface area contributed by atoms with Crippen molar-refractivity contribution < 1.29 is 9.47 Å². The van der Waals surface area contributed by atoms with Crippen LogP contribution in [0.2, 0.25) is 0 Å². The molecule has 2 heteroatoms. The molecule has 0 saturated heterocycles. The molecule has 0 aromatic heterocycles. The maximum absolute atomic E-state index is 6.30. The lowest BCUT2D eigenvalue weighted by molar-refractivity contribution is 0.0746. The lowest BCUT2D eigenvalue weighted by Crippen LogP contribution is -2.29. The highest BCUT2D eigenvalue weighted by molar-refractivity contribution is 5.43. The Morgan fingerprint density at radius 1 is 0.647 bits per heavy atom. The van der Waals surface area contributed by atoms with Gasteiger partial charge in [-0.3, -0.25) is 0 Å². The number of hydrogen-bond acceptors (Lipinski definition) is 2. The van der Waals surface area contributed by atoms with Crippen LogP contribution in [-0.4, -0.2) is 6.61 Å². The largest absolute Gasteiger partial charge is 0.457 e. The highest BCUT2D eigenvalue weighted by atomic mass is 16.5. The van der Waals surface area contributed by atoms with Crippen molar-refractivity contribution in [2.45, 2.75) is 84.7 Å². The summed E-state index contributed by atoms with van der Waals surface area (Å²) in [6.45, 7) is 19.6.